The maximum Gasteiger partial charge on any atom is 0.337 e. The molecule has 1 aliphatic rings. The van der Waals surface area contributed by atoms with Crippen molar-refractivity contribution in [2.75, 3.05) is 14.2 Å². The third-order valence-electron chi connectivity index (χ3n) is 4.27. The molecule has 0 saturated carbocycles. The second-order valence-electron chi connectivity index (χ2n) is 5.89. The van der Waals surface area contributed by atoms with Crippen molar-refractivity contribution in [3.63, 3.8) is 0 Å². The molecule has 1 fully saturated rings. The van der Waals surface area contributed by atoms with E-state index >= 15 is 0 Å². The number of ether oxygens (including phenoxy) is 2. The summed E-state index contributed by atoms with van der Waals surface area (Å²) in [6, 6.07) is 17.4. The lowest BCUT2D eigenvalue weighted by Gasteiger charge is -2.31. The lowest BCUT2D eigenvalue weighted by molar-refractivity contribution is -0.0221. The molecule has 0 unspecified atom stereocenters. The zero-order chi connectivity index (χ0) is 17.6. The molecule has 1 saturated heterocycles. The standard InChI is InChI=1S/C20H21NO4/c1-23-20(22)16-10-8-15(9-11-16)19-13-17(21-24-2)12-18(25-19)14-6-4-3-5-7-14/h3-11,18-19H,12-13H2,1-2H3/t18-,19+/m0/s1. The van der Waals surface area contributed by atoms with Gasteiger partial charge in [0.05, 0.1) is 30.6 Å². The Bertz CT molecular complexity index is 740. The van der Waals surface area contributed by atoms with Gasteiger partial charge in [0.25, 0.3) is 0 Å². The Labute approximate surface area is 147 Å². The average Bonchev–Trinajstić information content (AvgIpc) is 2.68. The highest BCUT2D eigenvalue weighted by Gasteiger charge is 2.29. The summed E-state index contributed by atoms with van der Waals surface area (Å²) >= 11 is 0. The van der Waals surface area contributed by atoms with Gasteiger partial charge in [-0.1, -0.05) is 47.6 Å². The van der Waals surface area contributed by atoms with Crippen molar-refractivity contribution in [2.24, 2.45) is 5.16 Å². The molecule has 0 N–H and O–H groups in total. The van der Waals surface area contributed by atoms with E-state index in [2.05, 4.69) is 17.3 Å². The average molecular weight is 339 g/mol. The molecule has 0 aromatic heterocycles. The smallest absolute Gasteiger partial charge is 0.337 e. The van der Waals surface area contributed by atoms with Gasteiger partial charge in [-0.3, -0.25) is 0 Å². The summed E-state index contributed by atoms with van der Waals surface area (Å²) in [7, 11) is 2.93. The molecule has 2 atom stereocenters. The molecule has 2 aromatic carbocycles. The summed E-state index contributed by atoms with van der Waals surface area (Å²) in [4.78, 5) is 16.6. The molecular formula is C20H21NO4. The zero-order valence-electron chi connectivity index (χ0n) is 14.3. The highest BCUT2D eigenvalue weighted by atomic mass is 16.6. The Morgan fingerprint density at radius 2 is 1.56 bits per heavy atom. The van der Waals surface area contributed by atoms with Crippen LogP contribution in [0.5, 0.6) is 0 Å². The normalized spacial score (nSPS) is 21.8. The van der Waals surface area contributed by atoms with Gasteiger partial charge in [-0.05, 0) is 23.3 Å². The van der Waals surface area contributed by atoms with Gasteiger partial charge in [0.15, 0.2) is 0 Å². The molecule has 5 nitrogen and oxygen atoms in total. The number of esters is 1. The molecular weight excluding hydrogens is 318 g/mol. The maximum absolute atomic E-state index is 11.6. The Hall–Kier alpha value is -2.66. The van der Waals surface area contributed by atoms with Crippen LogP contribution in [0.15, 0.2) is 59.8 Å². The third-order valence-corrected chi connectivity index (χ3v) is 4.27. The fourth-order valence-corrected chi connectivity index (χ4v) is 3.02. The van der Waals surface area contributed by atoms with Crippen molar-refractivity contribution in [3.05, 3.63) is 71.3 Å². The largest absolute Gasteiger partial charge is 0.465 e. The van der Waals surface area contributed by atoms with Crippen molar-refractivity contribution in [1.29, 1.82) is 0 Å². The number of methoxy groups -OCH3 is 1. The number of hydrogen-bond donors (Lipinski definition) is 0. The van der Waals surface area contributed by atoms with E-state index in [1.165, 1.54) is 7.11 Å². The Morgan fingerprint density at radius 3 is 2.12 bits per heavy atom. The van der Waals surface area contributed by atoms with Crippen LogP contribution in [0.4, 0.5) is 0 Å². The second-order valence-corrected chi connectivity index (χ2v) is 5.89. The van der Waals surface area contributed by atoms with E-state index in [0.29, 0.717) is 18.4 Å². The minimum atomic E-state index is -0.347. The first-order chi connectivity index (χ1) is 12.2. The van der Waals surface area contributed by atoms with Gasteiger partial charge in [-0.25, -0.2) is 4.79 Å². The van der Waals surface area contributed by atoms with Crippen LogP contribution in [-0.2, 0) is 14.3 Å². The molecule has 2 aromatic rings. The van der Waals surface area contributed by atoms with E-state index in [4.69, 9.17) is 14.3 Å². The van der Waals surface area contributed by atoms with E-state index in [-0.39, 0.29) is 18.2 Å². The first-order valence-electron chi connectivity index (χ1n) is 8.19. The molecule has 25 heavy (non-hydrogen) atoms. The Balaban J connectivity index is 1.84. The SMILES string of the molecule is CON=C1C[C@@H](c2ccccc2)O[C@@H](c2ccc(C(=O)OC)cc2)C1. The van der Waals surface area contributed by atoms with Crippen LogP contribution in [0.3, 0.4) is 0 Å². The lowest BCUT2D eigenvalue weighted by atomic mass is 9.93. The summed E-state index contributed by atoms with van der Waals surface area (Å²) in [5, 5.41) is 4.16. The molecule has 0 spiro atoms. The Kier molecular flexibility index (Phi) is 5.46. The molecule has 1 aliphatic heterocycles. The van der Waals surface area contributed by atoms with Crippen molar-refractivity contribution >= 4 is 11.7 Å². The van der Waals surface area contributed by atoms with Crippen molar-refractivity contribution in [3.8, 4) is 0 Å². The van der Waals surface area contributed by atoms with Crippen LogP contribution >= 0.6 is 0 Å². The number of benzene rings is 2. The van der Waals surface area contributed by atoms with E-state index in [1.54, 1.807) is 19.2 Å². The van der Waals surface area contributed by atoms with Crippen LogP contribution in [0.2, 0.25) is 0 Å². The summed E-state index contributed by atoms with van der Waals surface area (Å²) in [5.74, 6) is -0.347. The quantitative estimate of drug-likeness (QED) is 0.622. The summed E-state index contributed by atoms with van der Waals surface area (Å²) in [5.41, 5.74) is 3.59. The molecule has 0 amide bonds. The van der Waals surface area contributed by atoms with Crippen molar-refractivity contribution in [2.45, 2.75) is 25.0 Å². The topological polar surface area (TPSA) is 57.1 Å². The van der Waals surface area contributed by atoms with Gasteiger partial charge >= 0.3 is 5.97 Å². The number of rotatable bonds is 4. The summed E-state index contributed by atoms with van der Waals surface area (Å²) < 4.78 is 11.0. The fourth-order valence-electron chi connectivity index (χ4n) is 3.02. The monoisotopic (exact) mass is 339 g/mol. The zero-order valence-corrected chi connectivity index (χ0v) is 14.3. The number of carbonyl (C=O) groups excluding carboxylic acids is 1. The van der Waals surface area contributed by atoms with Gasteiger partial charge in [0.2, 0.25) is 0 Å². The number of nitrogens with zero attached hydrogens (tertiary/aromatic N) is 1. The predicted molar refractivity (Wildman–Crippen MR) is 94.5 cm³/mol. The van der Waals surface area contributed by atoms with Crippen molar-refractivity contribution < 1.29 is 19.1 Å². The maximum atomic E-state index is 11.6. The molecule has 130 valence electrons. The van der Waals surface area contributed by atoms with E-state index in [1.807, 2.05) is 30.3 Å². The predicted octanol–water partition coefficient (Wildman–Crippen LogP) is 4.07. The highest BCUT2D eigenvalue weighted by molar-refractivity contribution is 5.89. The minimum absolute atomic E-state index is 0.0749. The summed E-state index contributed by atoms with van der Waals surface area (Å²) in [6.45, 7) is 0. The van der Waals surface area contributed by atoms with Crippen LogP contribution < -0.4 is 0 Å². The van der Waals surface area contributed by atoms with E-state index < -0.39 is 0 Å². The van der Waals surface area contributed by atoms with Crippen LogP contribution in [-0.4, -0.2) is 25.9 Å². The van der Waals surface area contributed by atoms with Gasteiger partial charge in [0, 0.05) is 12.8 Å². The van der Waals surface area contributed by atoms with Crippen LogP contribution in [0.1, 0.15) is 46.5 Å². The molecule has 3 rings (SSSR count). The fraction of sp³-hybridized carbons (Fsp3) is 0.300. The van der Waals surface area contributed by atoms with Crippen LogP contribution in [0, 0.1) is 0 Å². The highest BCUT2D eigenvalue weighted by Crippen LogP contribution is 2.37. The number of hydrogen-bond acceptors (Lipinski definition) is 5. The van der Waals surface area contributed by atoms with E-state index in [0.717, 1.165) is 16.8 Å². The summed E-state index contributed by atoms with van der Waals surface area (Å²) in [6.07, 6.45) is 1.15. The molecule has 0 bridgehead atoms. The second kappa shape index (κ2) is 7.94. The molecule has 5 heteroatoms. The van der Waals surface area contributed by atoms with Crippen molar-refractivity contribution in [1.82, 2.24) is 0 Å². The molecule has 1 heterocycles. The third kappa shape index (κ3) is 4.06. The molecule has 0 radical (unpaired) electrons. The Morgan fingerprint density at radius 1 is 0.960 bits per heavy atom. The molecule has 0 aliphatic carbocycles. The van der Waals surface area contributed by atoms with Gasteiger partial charge in [-0.15, -0.1) is 0 Å². The first-order valence-corrected chi connectivity index (χ1v) is 8.19. The van der Waals surface area contributed by atoms with Gasteiger partial charge in [-0.2, -0.15) is 0 Å². The minimum Gasteiger partial charge on any atom is -0.465 e. The lowest BCUT2D eigenvalue weighted by Crippen LogP contribution is -2.23. The van der Waals surface area contributed by atoms with Crippen LogP contribution in [0.25, 0.3) is 0 Å². The van der Waals surface area contributed by atoms with Gasteiger partial charge < -0.3 is 14.3 Å². The first kappa shape index (κ1) is 17.2. The van der Waals surface area contributed by atoms with Gasteiger partial charge in [0.1, 0.15) is 7.11 Å². The number of oxime groups is 1. The number of carbonyl (C=O) groups is 1. The van der Waals surface area contributed by atoms with E-state index in [9.17, 15) is 4.79 Å².